The van der Waals surface area contributed by atoms with Crippen LogP contribution < -0.4 is 0 Å². The van der Waals surface area contributed by atoms with Gasteiger partial charge in [-0.15, -0.1) is 0 Å². The Morgan fingerprint density at radius 2 is 2.38 bits per heavy atom. The van der Waals surface area contributed by atoms with E-state index in [-0.39, 0.29) is 0 Å². The average Bonchev–Trinajstić information content (AvgIpc) is 1.83. The summed E-state index contributed by atoms with van der Waals surface area (Å²) in [5.41, 5.74) is 0. The number of ether oxygens (including phenoxy) is 1. The fraction of sp³-hybridized carbons (Fsp3) is 0.714. The van der Waals surface area contributed by atoms with E-state index in [9.17, 15) is 0 Å². The topological polar surface area (TPSA) is 9.23 Å². The lowest BCUT2D eigenvalue weighted by Gasteiger charge is -2.07. The molecular formula is C7H13O. The van der Waals surface area contributed by atoms with Crippen LogP contribution in [0.25, 0.3) is 0 Å². The molecule has 0 saturated carbocycles. The van der Waals surface area contributed by atoms with Crippen molar-refractivity contribution in [1.82, 2.24) is 0 Å². The molecule has 1 radical (unpaired) electrons. The fourth-order valence-electron chi connectivity index (χ4n) is 0.581. The molecule has 47 valence electrons. The summed E-state index contributed by atoms with van der Waals surface area (Å²) in [6.07, 6.45) is 3.84. The van der Waals surface area contributed by atoms with Crippen LogP contribution in [0.5, 0.6) is 0 Å². The van der Waals surface area contributed by atoms with Crippen LogP contribution in [0.1, 0.15) is 19.8 Å². The van der Waals surface area contributed by atoms with Crippen LogP contribution in [-0.2, 0) is 4.74 Å². The minimum atomic E-state index is 0.319. The molecule has 0 aromatic heterocycles. The van der Waals surface area contributed by atoms with Gasteiger partial charge in [0.15, 0.2) is 0 Å². The average molecular weight is 113 g/mol. The molecule has 0 saturated heterocycles. The molecule has 8 heavy (non-hydrogen) atoms. The lowest BCUT2D eigenvalue weighted by atomic mass is 10.2. The highest BCUT2D eigenvalue weighted by atomic mass is 16.5. The summed E-state index contributed by atoms with van der Waals surface area (Å²) in [7, 11) is 1.71. The van der Waals surface area contributed by atoms with E-state index in [0.29, 0.717) is 6.10 Å². The van der Waals surface area contributed by atoms with Gasteiger partial charge in [0, 0.05) is 7.11 Å². The summed E-state index contributed by atoms with van der Waals surface area (Å²) in [6.45, 7) is 7.26. The summed E-state index contributed by atoms with van der Waals surface area (Å²) < 4.78 is 5.03. The Kier molecular flexibility index (Phi) is 4.67. The van der Waals surface area contributed by atoms with Gasteiger partial charge in [0.05, 0.1) is 6.10 Å². The number of hydrogen-bond acceptors (Lipinski definition) is 1. The van der Waals surface area contributed by atoms with E-state index in [1.165, 1.54) is 0 Å². The molecule has 1 heteroatoms. The molecule has 0 fully saturated rings. The third kappa shape index (κ3) is 2.80. The van der Waals surface area contributed by atoms with Crippen LogP contribution in [0.3, 0.4) is 0 Å². The van der Waals surface area contributed by atoms with E-state index in [1.807, 2.05) is 0 Å². The maximum atomic E-state index is 5.18. The quantitative estimate of drug-likeness (QED) is 0.540. The van der Waals surface area contributed by atoms with Gasteiger partial charge in [-0.25, -0.2) is 0 Å². The van der Waals surface area contributed by atoms with Gasteiger partial charge in [0.2, 0.25) is 0 Å². The van der Waals surface area contributed by atoms with Crippen molar-refractivity contribution >= 4 is 0 Å². The van der Waals surface area contributed by atoms with Crippen molar-refractivity contribution in [3.63, 3.8) is 0 Å². The summed E-state index contributed by atoms with van der Waals surface area (Å²) >= 11 is 0. The molecule has 0 bridgehead atoms. The van der Waals surface area contributed by atoms with Gasteiger partial charge in [-0.3, -0.25) is 0 Å². The predicted molar refractivity (Wildman–Crippen MR) is 34.6 cm³/mol. The van der Waals surface area contributed by atoms with E-state index >= 15 is 0 Å². The molecule has 0 aromatic rings. The van der Waals surface area contributed by atoms with Crippen LogP contribution in [0.2, 0.25) is 0 Å². The van der Waals surface area contributed by atoms with Gasteiger partial charge in [-0.1, -0.05) is 19.6 Å². The smallest absolute Gasteiger partial charge is 0.0603 e. The van der Waals surface area contributed by atoms with Crippen LogP contribution >= 0.6 is 0 Å². The van der Waals surface area contributed by atoms with Crippen molar-refractivity contribution in [3.8, 4) is 0 Å². The molecule has 0 rings (SSSR count). The van der Waals surface area contributed by atoms with Crippen LogP contribution in [0.15, 0.2) is 6.08 Å². The van der Waals surface area contributed by atoms with Crippen LogP contribution in [0, 0.1) is 6.58 Å². The van der Waals surface area contributed by atoms with Crippen molar-refractivity contribution in [1.29, 1.82) is 0 Å². The van der Waals surface area contributed by atoms with Crippen LogP contribution in [-0.4, -0.2) is 13.2 Å². The Morgan fingerprint density at radius 3 is 2.50 bits per heavy atom. The summed E-state index contributed by atoms with van der Waals surface area (Å²) in [5.74, 6) is 0. The molecular weight excluding hydrogens is 100 g/mol. The molecule has 0 aliphatic rings. The Labute approximate surface area is 51.4 Å². The molecule has 0 N–H and O–H groups in total. The zero-order valence-electron chi connectivity index (χ0n) is 5.55. The largest absolute Gasteiger partial charge is 0.381 e. The first kappa shape index (κ1) is 7.70. The molecule has 0 amide bonds. The van der Waals surface area contributed by atoms with E-state index in [1.54, 1.807) is 13.2 Å². The van der Waals surface area contributed by atoms with E-state index < -0.39 is 0 Å². The minimum absolute atomic E-state index is 0.319. The van der Waals surface area contributed by atoms with Gasteiger partial charge in [0.25, 0.3) is 0 Å². The highest BCUT2D eigenvalue weighted by molar-refractivity contribution is 4.68. The van der Waals surface area contributed by atoms with E-state index in [0.717, 1.165) is 12.8 Å². The third-order valence-electron chi connectivity index (χ3n) is 1.19. The third-order valence-corrected chi connectivity index (χ3v) is 1.19. The molecule has 0 heterocycles. The Morgan fingerprint density at radius 1 is 1.75 bits per heavy atom. The summed E-state index contributed by atoms with van der Waals surface area (Å²) in [5, 5.41) is 0. The van der Waals surface area contributed by atoms with Crippen molar-refractivity contribution in [2.75, 3.05) is 7.11 Å². The Balaban J connectivity index is 3.20. The highest BCUT2D eigenvalue weighted by Gasteiger charge is 1.97. The van der Waals surface area contributed by atoms with Crippen molar-refractivity contribution in [3.05, 3.63) is 12.7 Å². The van der Waals surface area contributed by atoms with Crippen molar-refractivity contribution in [2.45, 2.75) is 25.9 Å². The first-order chi connectivity index (χ1) is 3.85. The monoisotopic (exact) mass is 113 g/mol. The second kappa shape index (κ2) is 4.85. The predicted octanol–water partition coefficient (Wildman–Crippen LogP) is 1.79. The number of hydrogen-bond donors (Lipinski definition) is 0. The normalized spacial score (nSPS) is 13.2. The SMILES string of the molecule is [CH]=CCC(CC)OC. The van der Waals surface area contributed by atoms with Gasteiger partial charge < -0.3 is 4.74 Å². The van der Waals surface area contributed by atoms with Crippen molar-refractivity contribution < 1.29 is 4.74 Å². The van der Waals surface area contributed by atoms with Gasteiger partial charge in [-0.2, -0.15) is 0 Å². The van der Waals surface area contributed by atoms with Crippen molar-refractivity contribution in [2.24, 2.45) is 0 Å². The maximum absolute atomic E-state index is 5.18. The Hall–Kier alpha value is -0.300. The summed E-state index contributed by atoms with van der Waals surface area (Å²) in [6, 6.07) is 0. The zero-order valence-corrected chi connectivity index (χ0v) is 5.55. The van der Waals surface area contributed by atoms with Crippen LogP contribution in [0.4, 0.5) is 0 Å². The highest BCUT2D eigenvalue weighted by Crippen LogP contribution is 2.00. The molecule has 0 spiro atoms. The fourth-order valence-corrected chi connectivity index (χ4v) is 0.581. The minimum Gasteiger partial charge on any atom is -0.381 e. The standard InChI is InChI=1S/C7H13O/c1-4-6-7(5-2)8-3/h1,4,7H,5-6H2,2-3H3. The lowest BCUT2D eigenvalue weighted by molar-refractivity contribution is 0.102. The zero-order chi connectivity index (χ0) is 6.41. The molecule has 0 aliphatic carbocycles. The lowest BCUT2D eigenvalue weighted by Crippen LogP contribution is -2.06. The molecule has 1 unspecified atom stereocenters. The molecule has 0 aromatic carbocycles. The first-order valence-corrected chi connectivity index (χ1v) is 2.91. The maximum Gasteiger partial charge on any atom is 0.0603 e. The summed E-state index contributed by atoms with van der Waals surface area (Å²) in [4.78, 5) is 0. The first-order valence-electron chi connectivity index (χ1n) is 2.91. The molecule has 1 atom stereocenters. The molecule has 0 aliphatic heterocycles. The number of methoxy groups -OCH3 is 1. The van der Waals surface area contributed by atoms with Gasteiger partial charge in [-0.05, 0) is 12.8 Å². The number of rotatable bonds is 4. The second-order valence-corrected chi connectivity index (χ2v) is 1.74. The van der Waals surface area contributed by atoms with E-state index in [2.05, 4.69) is 6.92 Å². The van der Waals surface area contributed by atoms with Gasteiger partial charge in [0.1, 0.15) is 0 Å². The van der Waals surface area contributed by atoms with Gasteiger partial charge >= 0.3 is 0 Å². The van der Waals surface area contributed by atoms with E-state index in [4.69, 9.17) is 11.3 Å². The Bertz CT molecular complexity index is 55.4. The second-order valence-electron chi connectivity index (χ2n) is 1.74. The molecule has 1 nitrogen and oxygen atoms in total.